The molecule has 0 unspecified atom stereocenters. The molecule has 0 atom stereocenters. The monoisotopic (exact) mass is 371 g/mol. The van der Waals surface area contributed by atoms with Crippen molar-refractivity contribution in [2.45, 2.75) is 20.4 Å². The Morgan fingerprint density at radius 3 is 2.41 bits per heavy atom. The molecule has 3 rings (SSSR count). The average Bonchev–Trinajstić information content (AvgIpc) is 2.64. The summed E-state index contributed by atoms with van der Waals surface area (Å²) in [6.45, 7) is 4.54. The van der Waals surface area contributed by atoms with Crippen molar-refractivity contribution in [3.8, 4) is 17.2 Å². The van der Waals surface area contributed by atoms with Gasteiger partial charge >= 0.3 is 5.97 Å². The molecule has 0 fully saturated rings. The number of nitrogens with one attached hydrogen (secondary N) is 1. The Labute approximate surface area is 156 Å². The van der Waals surface area contributed by atoms with E-state index in [1.807, 2.05) is 18.2 Å². The first-order valence-electron chi connectivity index (χ1n) is 8.56. The van der Waals surface area contributed by atoms with Gasteiger partial charge in [-0.3, -0.25) is 4.79 Å². The minimum atomic E-state index is -1.05. The van der Waals surface area contributed by atoms with Crippen molar-refractivity contribution in [2.24, 2.45) is 0 Å². The summed E-state index contributed by atoms with van der Waals surface area (Å²) in [6.07, 6.45) is 0. The molecule has 0 spiro atoms. The van der Waals surface area contributed by atoms with E-state index >= 15 is 0 Å². The van der Waals surface area contributed by atoms with Crippen molar-refractivity contribution in [3.05, 3.63) is 52.6 Å². The van der Waals surface area contributed by atoms with Crippen LogP contribution in [0.3, 0.4) is 0 Å². The van der Waals surface area contributed by atoms with Gasteiger partial charge in [-0.05, 0) is 54.8 Å². The molecule has 142 valence electrons. The molecule has 1 heterocycles. The summed E-state index contributed by atoms with van der Waals surface area (Å²) in [4.78, 5) is 23.2. The standard InChI is InChI=1S/C20H21NO6/c1-12-7-15(8-13(2)19(12)27-11-18(22)23)20(24)21-10-14-3-4-16-17(9-14)26-6-5-25-16/h3-4,7-9H,5-6,10-11H2,1-2H3,(H,21,24)(H,22,23). The molecule has 2 N–H and O–H groups in total. The summed E-state index contributed by atoms with van der Waals surface area (Å²) in [5.74, 6) is 0.607. The van der Waals surface area contributed by atoms with Gasteiger partial charge in [-0.1, -0.05) is 6.07 Å². The Kier molecular flexibility index (Phi) is 5.49. The van der Waals surface area contributed by atoms with Crippen LogP contribution in [0, 0.1) is 13.8 Å². The number of aryl methyl sites for hydroxylation is 2. The van der Waals surface area contributed by atoms with Gasteiger partial charge in [0.1, 0.15) is 19.0 Å². The van der Waals surface area contributed by atoms with Crippen LogP contribution in [0.4, 0.5) is 0 Å². The highest BCUT2D eigenvalue weighted by molar-refractivity contribution is 5.94. The maximum atomic E-state index is 12.5. The molecule has 0 radical (unpaired) electrons. The molecule has 2 aromatic rings. The fourth-order valence-corrected chi connectivity index (χ4v) is 2.93. The number of aliphatic carboxylic acids is 1. The number of amides is 1. The third kappa shape index (κ3) is 4.49. The maximum Gasteiger partial charge on any atom is 0.341 e. The largest absolute Gasteiger partial charge is 0.486 e. The second-order valence-corrected chi connectivity index (χ2v) is 6.28. The van der Waals surface area contributed by atoms with Gasteiger partial charge in [0.2, 0.25) is 0 Å². The zero-order valence-corrected chi connectivity index (χ0v) is 15.2. The lowest BCUT2D eigenvalue weighted by Gasteiger charge is -2.19. The number of fused-ring (bicyclic) bond motifs is 1. The summed E-state index contributed by atoms with van der Waals surface area (Å²) in [6, 6.07) is 8.94. The quantitative estimate of drug-likeness (QED) is 0.810. The van der Waals surface area contributed by atoms with Crippen LogP contribution in [-0.2, 0) is 11.3 Å². The Hall–Kier alpha value is -3.22. The zero-order chi connectivity index (χ0) is 19.4. The van der Waals surface area contributed by atoms with Gasteiger partial charge in [-0.25, -0.2) is 4.79 Å². The lowest BCUT2D eigenvalue weighted by Crippen LogP contribution is -2.23. The van der Waals surface area contributed by atoms with Crippen molar-refractivity contribution in [1.29, 1.82) is 0 Å². The average molecular weight is 371 g/mol. The van der Waals surface area contributed by atoms with E-state index in [0.29, 0.717) is 53.7 Å². The van der Waals surface area contributed by atoms with Gasteiger partial charge in [-0.15, -0.1) is 0 Å². The fraction of sp³-hybridized carbons (Fsp3) is 0.300. The van der Waals surface area contributed by atoms with Gasteiger partial charge in [0.15, 0.2) is 18.1 Å². The first-order chi connectivity index (χ1) is 12.9. The smallest absolute Gasteiger partial charge is 0.341 e. The summed E-state index contributed by atoms with van der Waals surface area (Å²) < 4.78 is 16.3. The number of benzene rings is 2. The van der Waals surface area contributed by atoms with Crippen LogP contribution >= 0.6 is 0 Å². The van der Waals surface area contributed by atoms with Crippen molar-refractivity contribution in [1.82, 2.24) is 5.32 Å². The van der Waals surface area contributed by atoms with Gasteiger partial charge in [-0.2, -0.15) is 0 Å². The molecule has 1 aliphatic heterocycles. The molecule has 7 nitrogen and oxygen atoms in total. The van der Waals surface area contributed by atoms with E-state index in [4.69, 9.17) is 19.3 Å². The molecule has 0 aromatic heterocycles. The number of carboxylic acids is 1. The lowest BCUT2D eigenvalue weighted by atomic mass is 10.0. The van der Waals surface area contributed by atoms with E-state index in [2.05, 4.69) is 5.32 Å². The zero-order valence-electron chi connectivity index (χ0n) is 15.2. The Morgan fingerprint density at radius 1 is 1.07 bits per heavy atom. The van der Waals surface area contributed by atoms with E-state index in [0.717, 1.165) is 5.56 Å². The third-order valence-electron chi connectivity index (χ3n) is 4.12. The predicted molar refractivity (Wildman–Crippen MR) is 97.6 cm³/mol. The molecule has 1 aliphatic rings. The van der Waals surface area contributed by atoms with Gasteiger partial charge in [0.05, 0.1) is 0 Å². The summed E-state index contributed by atoms with van der Waals surface area (Å²) in [5.41, 5.74) is 2.81. The number of carboxylic acid groups (broad SMARTS) is 1. The van der Waals surface area contributed by atoms with Crippen molar-refractivity contribution in [3.63, 3.8) is 0 Å². The molecule has 0 saturated heterocycles. The maximum absolute atomic E-state index is 12.5. The van der Waals surface area contributed by atoms with Gasteiger partial charge in [0, 0.05) is 12.1 Å². The van der Waals surface area contributed by atoms with E-state index in [9.17, 15) is 9.59 Å². The molecular formula is C20H21NO6. The lowest BCUT2D eigenvalue weighted by molar-refractivity contribution is -0.139. The number of hydrogen-bond donors (Lipinski definition) is 2. The van der Waals surface area contributed by atoms with Gasteiger partial charge < -0.3 is 24.6 Å². The number of carbonyl (C=O) groups excluding carboxylic acids is 1. The fourth-order valence-electron chi connectivity index (χ4n) is 2.93. The number of ether oxygens (including phenoxy) is 3. The van der Waals surface area contributed by atoms with Crippen LogP contribution in [0.5, 0.6) is 17.2 Å². The first kappa shape index (κ1) is 18.6. The predicted octanol–water partition coefficient (Wildman–Crippen LogP) is 2.47. The second-order valence-electron chi connectivity index (χ2n) is 6.28. The van der Waals surface area contributed by atoms with Crippen LogP contribution in [0.1, 0.15) is 27.0 Å². The van der Waals surface area contributed by atoms with E-state index in [1.165, 1.54) is 0 Å². The molecule has 0 bridgehead atoms. The van der Waals surface area contributed by atoms with E-state index < -0.39 is 12.6 Å². The molecule has 2 aromatic carbocycles. The second kappa shape index (κ2) is 7.99. The van der Waals surface area contributed by atoms with Crippen LogP contribution in [0.15, 0.2) is 30.3 Å². The van der Waals surface area contributed by atoms with Crippen LogP contribution < -0.4 is 19.5 Å². The normalized spacial score (nSPS) is 12.4. The molecule has 0 saturated carbocycles. The SMILES string of the molecule is Cc1cc(C(=O)NCc2ccc3c(c2)OCCO3)cc(C)c1OCC(=O)O. The van der Waals surface area contributed by atoms with E-state index in [1.54, 1.807) is 26.0 Å². The molecule has 1 amide bonds. The van der Waals surface area contributed by atoms with E-state index in [-0.39, 0.29) is 5.91 Å². The Bertz CT molecular complexity index is 854. The third-order valence-corrected chi connectivity index (χ3v) is 4.12. The summed E-state index contributed by atoms with van der Waals surface area (Å²) in [5, 5.41) is 11.6. The van der Waals surface area contributed by atoms with Gasteiger partial charge in [0.25, 0.3) is 5.91 Å². The Morgan fingerprint density at radius 2 is 1.74 bits per heavy atom. The van der Waals surface area contributed by atoms with Crippen molar-refractivity contribution in [2.75, 3.05) is 19.8 Å². The Balaban J connectivity index is 1.66. The molecule has 7 heteroatoms. The highest BCUT2D eigenvalue weighted by Gasteiger charge is 2.14. The summed E-state index contributed by atoms with van der Waals surface area (Å²) in [7, 11) is 0. The highest BCUT2D eigenvalue weighted by atomic mass is 16.6. The molecular weight excluding hydrogens is 350 g/mol. The van der Waals surface area contributed by atoms with Crippen molar-refractivity contribution < 1.29 is 28.9 Å². The summed E-state index contributed by atoms with van der Waals surface area (Å²) >= 11 is 0. The molecule has 0 aliphatic carbocycles. The van der Waals surface area contributed by atoms with Crippen LogP contribution in [0.25, 0.3) is 0 Å². The number of hydrogen-bond acceptors (Lipinski definition) is 5. The number of rotatable bonds is 6. The minimum Gasteiger partial charge on any atom is -0.486 e. The molecule has 27 heavy (non-hydrogen) atoms. The highest BCUT2D eigenvalue weighted by Crippen LogP contribution is 2.30. The van der Waals surface area contributed by atoms with Crippen LogP contribution in [-0.4, -0.2) is 36.8 Å². The number of carbonyl (C=O) groups is 2. The topological polar surface area (TPSA) is 94.1 Å². The van der Waals surface area contributed by atoms with Crippen LogP contribution in [0.2, 0.25) is 0 Å². The van der Waals surface area contributed by atoms with Crippen molar-refractivity contribution >= 4 is 11.9 Å². The first-order valence-corrected chi connectivity index (χ1v) is 8.56. The minimum absolute atomic E-state index is 0.221.